The fourth-order valence-corrected chi connectivity index (χ4v) is 6.52. The van der Waals surface area contributed by atoms with Crippen LogP contribution in [-0.2, 0) is 30.8 Å². The monoisotopic (exact) mass is 764 g/mol. The fourth-order valence-electron chi connectivity index (χ4n) is 5.36. The maximum atomic E-state index is 12.3. The van der Waals surface area contributed by atoms with E-state index < -0.39 is 30.8 Å². The van der Waals surface area contributed by atoms with Crippen LogP contribution in [0.2, 0.25) is 0 Å². The SMILES string of the molecule is CCN(c1cc[c-]cc1)c1ccc(C(=C2C=CC(=[N+](CC)c3ccc(S(=O)(=O)[O-])cc3)C=C2)c2ccccc2S(=O)(=O)[O-])cc1.O=S(=O)=O.[Na+].[Na+]. The molecule has 0 aliphatic heterocycles. The molecule has 11 nitrogen and oxygen atoms in total. The van der Waals surface area contributed by atoms with Crippen molar-refractivity contribution in [1.29, 1.82) is 0 Å². The van der Waals surface area contributed by atoms with Crippen molar-refractivity contribution >= 4 is 59.2 Å². The first kappa shape index (κ1) is 44.2. The van der Waals surface area contributed by atoms with Gasteiger partial charge in [0.2, 0.25) is 11.4 Å². The van der Waals surface area contributed by atoms with Crippen LogP contribution >= 0.6 is 0 Å². The van der Waals surface area contributed by atoms with Crippen molar-refractivity contribution in [3.63, 3.8) is 0 Å². The largest absolute Gasteiger partial charge is 1.00 e. The third kappa shape index (κ3) is 11.8. The van der Waals surface area contributed by atoms with Gasteiger partial charge < -0.3 is 14.0 Å². The molecule has 0 saturated carbocycles. The summed E-state index contributed by atoms with van der Waals surface area (Å²) in [5.41, 5.74) is 5.72. The Hall–Kier alpha value is -2.99. The summed E-state index contributed by atoms with van der Waals surface area (Å²) >= 11 is 0. The van der Waals surface area contributed by atoms with Gasteiger partial charge in [-0.3, -0.25) is 0 Å². The number of hydrogen-bond donors (Lipinski definition) is 0. The Morgan fingerprint density at radius 3 is 1.75 bits per heavy atom. The van der Waals surface area contributed by atoms with E-state index in [9.17, 15) is 25.9 Å². The average Bonchev–Trinajstić information content (AvgIpc) is 3.07. The van der Waals surface area contributed by atoms with Crippen molar-refractivity contribution in [3.05, 3.63) is 144 Å². The maximum absolute atomic E-state index is 12.3. The standard InChI is InChI=1S/C35H32N2O6S2.2Na.O3S/c1-3-36(28-10-6-5-7-11-28)29-18-14-26(15-19-29)35(33-12-8-9-13-34(33)45(41,42)43)27-16-20-30(21-17-27)37(4-2)31-22-24-32(25-23-31)44(38,39)40;;;1-4(2)3/h6-25H,3-4H2,1-2H3,(H,38,39,40)(H,41,42,43);;;/q;2*+1;/p-2. The minimum atomic E-state index is -4.79. The molecule has 0 atom stereocenters. The molecule has 0 unspecified atom stereocenters. The summed E-state index contributed by atoms with van der Waals surface area (Å²) in [7, 11) is -12.5. The number of rotatable bonds is 9. The molecule has 5 rings (SSSR count). The zero-order valence-corrected chi connectivity index (χ0v) is 34.7. The van der Waals surface area contributed by atoms with Crippen LogP contribution in [0.4, 0.5) is 17.1 Å². The number of nitrogens with zero attached hydrogens (tertiary/aromatic N) is 2. The third-order valence-corrected chi connectivity index (χ3v) is 9.19. The van der Waals surface area contributed by atoms with Crippen molar-refractivity contribution in [2.45, 2.75) is 23.6 Å². The minimum absolute atomic E-state index is 0. The van der Waals surface area contributed by atoms with Crippen LogP contribution in [0.5, 0.6) is 0 Å². The number of hydrogen-bond acceptors (Lipinski definition) is 10. The van der Waals surface area contributed by atoms with E-state index in [1.54, 1.807) is 24.3 Å². The first-order valence-electron chi connectivity index (χ1n) is 14.7. The van der Waals surface area contributed by atoms with Crippen molar-refractivity contribution in [3.8, 4) is 0 Å². The molecule has 0 amide bonds. The van der Waals surface area contributed by atoms with E-state index in [4.69, 9.17) is 12.6 Å². The zero-order chi connectivity index (χ0) is 35.8. The molecular formula is C35H30N2Na2O9S3. The zero-order valence-electron chi connectivity index (χ0n) is 28.3. The smallest absolute Gasteiger partial charge is 0.744 e. The summed E-state index contributed by atoms with van der Waals surface area (Å²) < 4.78 is 98.4. The molecule has 0 heterocycles. The van der Waals surface area contributed by atoms with Crippen LogP contribution in [0.3, 0.4) is 0 Å². The normalized spacial score (nSPS) is 12.1. The van der Waals surface area contributed by atoms with Crippen LogP contribution in [0.15, 0.2) is 137 Å². The molecular weight excluding hydrogens is 735 g/mol. The van der Waals surface area contributed by atoms with Gasteiger partial charge in [0.1, 0.15) is 26.8 Å². The second-order valence-corrected chi connectivity index (χ2v) is 13.5. The molecule has 254 valence electrons. The van der Waals surface area contributed by atoms with Gasteiger partial charge in [-0.05, 0) is 73.0 Å². The molecule has 4 aromatic rings. The molecule has 16 heteroatoms. The molecule has 1 aliphatic rings. The van der Waals surface area contributed by atoms with Gasteiger partial charge in [-0.2, -0.15) is 22.8 Å². The Bertz CT molecular complexity index is 2270. The summed E-state index contributed by atoms with van der Waals surface area (Å²) in [6.45, 7) is 5.26. The van der Waals surface area contributed by atoms with Gasteiger partial charge in [0, 0.05) is 42.1 Å². The van der Waals surface area contributed by atoms with E-state index in [0.29, 0.717) is 28.9 Å². The van der Waals surface area contributed by atoms with Gasteiger partial charge in [-0.1, -0.05) is 36.0 Å². The Morgan fingerprint density at radius 2 is 1.25 bits per heavy atom. The van der Waals surface area contributed by atoms with E-state index in [0.717, 1.165) is 29.2 Å². The summed E-state index contributed by atoms with van der Waals surface area (Å²) in [5.74, 6) is 0. The molecule has 0 bridgehead atoms. The van der Waals surface area contributed by atoms with E-state index in [2.05, 4.69) is 17.9 Å². The molecule has 0 radical (unpaired) electrons. The number of benzene rings is 4. The molecule has 51 heavy (non-hydrogen) atoms. The molecule has 0 aromatic heterocycles. The van der Waals surface area contributed by atoms with Gasteiger partial charge in [-0.15, -0.1) is 24.8 Å². The van der Waals surface area contributed by atoms with E-state index in [1.807, 2.05) is 84.3 Å². The minimum Gasteiger partial charge on any atom is -0.744 e. The van der Waals surface area contributed by atoms with Crippen LogP contribution < -0.4 is 64.0 Å². The van der Waals surface area contributed by atoms with Crippen molar-refractivity contribution < 1.29 is 102 Å². The molecule has 1 aliphatic carbocycles. The quantitative estimate of drug-likeness (QED) is 0.0909. The van der Waals surface area contributed by atoms with Crippen molar-refractivity contribution in [2.75, 3.05) is 18.0 Å². The predicted octanol–water partition coefficient (Wildman–Crippen LogP) is -0.810. The van der Waals surface area contributed by atoms with E-state index in [1.165, 1.54) is 24.3 Å². The Kier molecular flexibility index (Phi) is 17.1. The first-order valence-corrected chi connectivity index (χ1v) is 18.5. The molecule has 4 aromatic carbocycles. The van der Waals surface area contributed by atoms with Crippen LogP contribution in [0.1, 0.15) is 25.0 Å². The second kappa shape index (κ2) is 19.7. The topological polar surface area (TPSA) is 172 Å². The average molecular weight is 765 g/mol. The van der Waals surface area contributed by atoms with Crippen molar-refractivity contribution in [1.82, 2.24) is 0 Å². The second-order valence-electron chi connectivity index (χ2n) is 10.3. The maximum Gasteiger partial charge on any atom is 1.00 e. The van der Waals surface area contributed by atoms with Gasteiger partial charge in [0.05, 0.1) is 9.79 Å². The van der Waals surface area contributed by atoms with E-state index in [-0.39, 0.29) is 68.9 Å². The Balaban J connectivity index is 0.00000143. The summed E-state index contributed by atoms with van der Waals surface area (Å²) in [6, 6.07) is 30.3. The molecule has 0 saturated heterocycles. The molecule has 0 N–H and O–H groups in total. The van der Waals surface area contributed by atoms with Gasteiger partial charge in [-0.25, -0.2) is 16.8 Å². The van der Waals surface area contributed by atoms with Crippen LogP contribution in [0, 0.1) is 6.07 Å². The first-order chi connectivity index (χ1) is 23.2. The summed E-state index contributed by atoms with van der Waals surface area (Å²) in [5, 5.41) is 0. The number of anilines is 2. The van der Waals surface area contributed by atoms with Gasteiger partial charge >= 0.3 is 69.7 Å². The van der Waals surface area contributed by atoms with Crippen molar-refractivity contribution in [2.24, 2.45) is 0 Å². The fraction of sp³-hybridized carbons (Fsp3) is 0.114. The van der Waals surface area contributed by atoms with Gasteiger partial charge in [0.15, 0.2) is 0 Å². The molecule has 0 fully saturated rings. The summed E-state index contributed by atoms with van der Waals surface area (Å²) in [6.07, 6.45) is 7.44. The molecule has 0 spiro atoms. The number of allylic oxidation sites excluding steroid dienone is 5. The van der Waals surface area contributed by atoms with Crippen LogP contribution in [0.25, 0.3) is 5.57 Å². The van der Waals surface area contributed by atoms with Crippen LogP contribution in [-0.4, -0.2) is 61.9 Å². The third-order valence-electron chi connectivity index (χ3n) is 7.44. The van der Waals surface area contributed by atoms with Gasteiger partial charge in [0.25, 0.3) is 0 Å². The summed E-state index contributed by atoms with van der Waals surface area (Å²) in [4.78, 5) is 1.52. The Labute approximate surface area is 343 Å². The van der Waals surface area contributed by atoms with E-state index >= 15 is 0 Å². The predicted molar refractivity (Wildman–Crippen MR) is 183 cm³/mol. The Morgan fingerprint density at radius 1 is 0.725 bits per heavy atom.